The number of ether oxygens (including phenoxy) is 1. The Balaban J connectivity index is 1.61. The minimum atomic E-state index is -0.343. The molecule has 0 aliphatic carbocycles. The molecule has 0 fully saturated rings. The van der Waals surface area contributed by atoms with Gasteiger partial charge in [-0.05, 0) is 37.4 Å². The van der Waals surface area contributed by atoms with Crippen LogP contribution in [0.25, 0.3) is 0 Å². The van der Waals surface area contributed by atoms with E-state index < -0.39 is 0 Å². The SMILES string of the molecule is CCn1nc(NC(=O)c2cc(COc3cccc(F)c3)cs2)cc1C. The highest BCUT2D eigenvalue weighted by Gasteiger charge is 2.12. The smallest absolute Gasteiger partial charge is 0.266 e. The van der Waals surface area contributed by atoms with Gasteiger partial charge >= 0.3 is 0 Å². The number of aryl methyl sites for hydroxylation is 2. The fourth-order valence-electron chi connectivity index (χ4n) is 2.36. The van der Waals surface area contributed by atoms with Crippen LogP contribution in [-0.2, 0) is 13.2 Å². The summed E-state index contributed by atoms with van der Waals surface area (Å²) in [4.78, 5) is 12.9. The first kappa shape index (κ1) is 17.2. The van der Waals surface area contributed by atoms with Crippen LogP contribution in [-0.4, -0.2) is 15.7 Å². The van der Waals surface area contributed by atoms with Crippen LogP contribution in [0.3, 0.4) is 0 Å². The maximum atomic E-state index is 13.1. The fourth-order valence-corrected chi connectivity index (χ4v) is 3.15. The van der Waals surface area contributed by atoms with Crippen LogP contribution in [0.4, 0.5) is 10.2 Å². The number of nitrogens with one attached hydrogen (secondary N) is 1. The van der Waals surface area contributed by atoms with Crippen molar-refractivity contribution in [1.29, 1.82) is 0 Å². The summed E-state index contributed by atoms with van der Waals surface area (Å²) in [6.45, 7) is 4.97. The summed E-state index contributed by atoms with van der Waals surface area (Å²) >= 11 is 1.33. The highest BCUT2D eigenvalue weighted by molar-refractivity contribution is 7.12. The van der Waals surface area contributed by atoms with E-state index in [9.17, 15) is 9.18 Å². The first-order valence-corrected chi connectivity index (χ1v) is 8.74. The average molecular weight is 359 g/mol. The van der Waals surface area contributed by atoms with E-state index in [0.29, 0.717) is 16.4 Å². The van der Waals surface area contributed by atoms with E-state index in [1.165, 1.54) is 23.5 Å². The van der Waals surface area contributed by atoms with Gasteiger partial charge in [0.1, 0.15) is 18.2 Å². The number of hydrogen-bond donors (Lipinski definition) is 1. The lowest BCUT2D eigenvalue weighted by Gasteiger charge is -2.04. The Morgan fingerprint density at radius 3 is 2.92 bits per heavy atom. The molecule has 3 rings (SSSR count). The monoisotopic (exact) mass is 359 g/mol. The van der Waals surface area contributed by atoms with Crippen LogP contribution in [0.1, 0.15) is 27.9 Å². The standard InChI is InChI=1S/C18H18FN3O2S/c1-3-22-12(2)7-17(21-22)20-18(23)16-8-13(11-25-16)10-24-15-6-4-5-14(19)9-15/h4-9,11H,3,10H2,1-2H3,(H,20,21,23). The molecule has 130 valence electrons. The van der Waals surface area contributed by atoms with Crippen LogP contribution < -0.4 is 10.1 Å². The molecule has 0 spiro atoms. The van der Waals surface area contributed by atoms with Crippen LogP contribution in [0.5, 0.6) is 5.75 Å². The van der Waals surface area contributed by atoms with E-state index in [-0.39, 0.29) is 18.3 Å². The van der Waals surface area contributed by atoms with Crippen molar-refractivity contribution in [2.75, 3.05) is 5.32 Å². The van der Waals surface area contributed by atoms with Crippen molar-refractivity contribution in [2.24, 2.45) is 0 Å². The number of aromatic nitrogens is 2. The third-order valence-corrected chi connectivity index (χ3v) is 4.58. The molecule has 0 aliphatic heterocycles. The maximum absolute atomic E-state index is 13.1. The summed E-state index contributed by atoms with van der Waals surface area (Å²) in [5.74, 6) is 0.445. The maximum Gasteiger partial charge on any atom is 0.266 e. The van der Waals surface area contributed by atoms with Crippen LogP contribution in [0, 0.1) is 12.7 Å². The molecule has 0 saturated carbocycles. The number of thiophene rings is 1. The Bertz CT molecular complexity index is 888. The van der Waals surface area contributed by atoms with Gasteiger partial charge in [-0.3, -0.25) is 9.48 Å². The molecule has 0 aliphatic rings. The summed E-state index contributed by atoms with van der Waals surface area (Å²) in [7, 11) is 0. The molecular weight excluding hydrogens is 341 g/mol. The molecule has 2 aromatic heterocycles. The molecule has 0 radical (unpaired) electrons. The summed E-state index contributed by atoms with van der Waals surface area (Å²) < 4.78 is 20.5. The minimum absolute atomic E-state index is 0.206. The van der Waals surface area contributed by atoms with Gasteiger partial charge in [0.15, 0.2) is 5.82 Å². The summed E-state index contributed by atoms with van der Waals surface area (Å²) in [6.07, 6.45) is 0. The van der Waals surface area contributed by atoms with Crippen molar-refractivity contribution in [3.8, 4) is 5.75 Å². The number of carbonyl (C=O) groups is 1. The topological polar surface area (TPSA) is 56.2 Å². The number of carbonyl (C=O) groups excluding carboxylic acids is 1. The van der Waals surface area contributed by atoms with Gasteiger partial charge in [0.2, 0.25) is 0 Å². The highest BCUT2D eigenvalue weighted by atomic mass is 32.1. The lowest BCUT2D eigenvalue weighted by Crippen LogP contribution is -2.11. The Labute approximate surface area is 149 Å². The van der Waals surface area contributed by atoms with Crippen molar-refractivity contribution in [2.45, 2.75) is 27.0 Å². The Kier molecular flexibility index (Phi) is 5.14. The third-order valence-electron chi connectivity index (χ3n) is 3.60. The Hall–Kier alpha value is -2.67. The van der Waals surface area contributed by atoms with E-state index in [1.54, 1.807) is 18.2 Å². The second-order valence-corrected chi connectivity index (χ2v) is 6.42. The first-order valence-electron chi connectivity index (χ1n) is 7.86. The quantitative estimate of drug-likeness (QED) is 0.716. The molecule has 1 amide bonds. The number of benzene rings is 1. The van der Waals surface area contributed by atoms with E-state index >= 15 is 0 Å². The number of anilines is 1. The highest BCUT2D eigenvalue weighted by Crippen LogP contribution is 2.20. The van der Waals surface area contributed by atoms with Crippen molar-refractivity contribution in [1.82, 2.24) is 9.78 Å². The van der Waals surface area contributed by atoms with Gasteiger partial charge in [0.05, 0.1) is 4.88 Å². The van der Waals surface area contributed by atoms with Crippen molar-refractivity contribution in [3.63, 3.8) is 0 Å². The Morgan fingerprint density at radius 1 is 1.36 bits per heavy atom. The molecule has 5 nitrogen and oxygen atoms in total. The van der Waals surface area contributed by atoms with Gasteiger partial charge in [-0.15, -0.1) is 11.3 Å². The zero-order valence-corrected chi connectivity index (χ0v) is 14.8. The molecule has 0 atom stereocenters. The van der Waals surface area contributed by atoms with E-state index in [1.807, 2.05) is 30.0 Å². The third kappa shape index (κ3) is 4.24. The molecule has 0 bridgehead atoms. The van der Waals surface area contributed by atoms with Crippen LogP contribution in [0.2, 0.25) is 0 Å². The van der Waals surface area contributed by atoms with Crippen molar-refractivity contribution < 1.29 is 13.9 Å². The predicted octanol–water partition coefficient (Wildman–Crippen LogP) is 4.24. The lowest BCUT2D eigenvalue weighted by molar-refractivity contribution is 0.103. The molecular formula is C18H18FN3O2S. The van der Waals surface area contributed by atoms with Gasteiger partial charge in [0.25, 0.3) is 5.91 Å². The molecule has 1 N–H and O–H groups in total. The summed E-state index contributed by atoms with van der Waals surface area (Å²) in [5.41, 5.74) is 1.85. The summed E-state index contributed by atoms with van der Waals surface area (Å²) in [5, 5.41) is 8.96. The average Bonchev–Trinajstić information content (AvgIpc) is 3.19. The number of halogens is 1. The normalized spacial score (nSPS) is 10.7. The largest absolute Gasteiger partial charge is 0.489 e. The second-order valence-electron chi connectivity index (χ2n) is 5.51. The molecule has 2 heterocycles. The van der Waals surface area contributed by atoms with Crippen LogP contribution >= 0.6 is 11.3 Å². The van der Waals surface area contributed by atoms with E-state index in [2.05, 4.69) is 10.4 Å². The van der Waals surface area contributed by atoms with Crippen molar-refractivity contribution in [3.05, 3.63) is 63.7 Å². The number of hydrogen-bond acceptors (Lipinski definition) is 4. The second kappa shape index (κ2) is 7.48. The van der Waals surface area contributed by atoms with E-state index in [4.69, 9.17) is 4.74 Å². The van der Waals surface area contributed by atoms with Gasteiger partial charge in [-0.25, -0.2) is 4.39 Å². The molecule has 7 heteroatoms. The summed E-state index contributed by atoms with van der Waals surface area (Å²) in [6, 6.07) is 9.57. The van der Waals surface area contributed by atoms with E-state index in [0.717, 1.165) is 17.8 Å². The van der Waals surface area contributed by atoms with Gasteiger partial charge in [-0.2, -0.15) is 5.10 Å². The number of rotatable bonds is 6. The molecule has 1 aromatic carbocycles. The number of nitrogens with zero attached hydrogens (tertiary/aromatic N) is 2. The first-order chi connectivity index (χ1) is 12.0. The van der Waals surface area contributed by atoms with Gasteiger partial charge < -0.3 is 10.1 Å². The molecule has 3 aromatic rings. The van der Waals surface area contributed by atoms with Gasteiger partial charge in [-0.1, -0.05) is 6.07 Å². The van der Waals surface area contributed by atoms with Gasteiger partial charge in [0, 0.05) is 29.9 Å². The van der Waals surface area contributed by atoms with Crippen LogP contribution in [0.15, 0.2) is 41.8 Å². The Morgan fingerprint density at radius 2 is 2.20 bits per heavy atom. The molecule has 0 saturated heterocycles. The fraction of sp³-hybridized carbons (Fsp3) is 0.222. The molecule has 0 unspecified atom stereocenters. The molecule has 25 heavy (non-hydrogen) atoms. The predicted molar refractivity (Wildman–Crippen MR) is 95.6 cm³/mol. The lowest BCUT2D eigenvalue weighted by atomic mass is 10.3. The zero-order valence-electron chi connectivity index (χ0n) is 14.0. The number of amides is 1. The zero-order chi connectivity index (χ0) is 17.8. The van der Waals surface area contributed by atoms with Crippen molar-refractivity contribution >= 4 is 23.1 Å². The minimum Gasteiger partial charge on any atom is -0.489 e.